The number of nitrogens with zero attached hydrogens (tertiary/aromatic N) is 1. The number of hydrogen-bond acceptors (Lipinski definition) is 4. The van der Waals surface area contributed by atoms with E-state index in [0.29, 0.717) is 12.2 Å². The largest absolute Gasteiger partial charge is 0.315 e. The Bertz CT molecular complexity index is 923. The van der Waals surface area contributed by atoms with Gasteiger partial charge >= 0.3 is 0 Å². The number of carbonyl (C=O) groups excluding carboxylic acids is 2. The predicted octanol–water partition coefficient (Wildman–Crippen LogP) is 4.96. The van der Waals surface area contributed by atoms with Gasteiger partial charge < -0.3 is 5.73 Å². The molecule has 2 aromatic carbocycles. The van der Waals surface area contributed by atoms with E-state index < -0.39 is 5.54 Å². The molecule has 3 fully saturated rings. The van der Waals surface area contributed by atoms with E-state index in [9.17, 15) is 9.59 Å². The predicted molar refractivity (Wildman–Crippen MR) is 128 cm³/mol. The van der Waals surface area contributed by atoms with Crippen LogP contribution >= 0.6 is 0 Å². The zero-order chi connectivity index (χ0) is 22.6. The van der Waals surface area contributed by atoms with E-state index in [-0.39, 0.29) is 11.3 Å². The number of rotatable bonds is 3. The minimum Gasteiger partial charge on any atom is -0.315 e. The molecule has 0 aromatic heterocycles. The lowest BCUT2D eigenvalue weighted by molar-refractivity contribution is -0.141. The summed E-state index contributed by atoms with van der Waals surface area (Å²) in [6, 6.07) is 20.1. The van der Waals surface area contributed by atoms with Crippen molar-refractivity contribution in [1.82, 2.24) is 4.90 Å². The summed E-state index contributed by atoms with van der Waals surface area (Å²) in [5, 5.41) is 0. The Balaban J connectivity index is 0.000000158. The lowest BCUT2D eigenvalue weighted by Gasteiger charge is -2.52. The Morgan fingerprint density at radius 3 is 1.81 bits per heavy atom. The van der Waals surface area contributed by atoms with Gasteiger partial charge in [0.2, 0.25) is 0 Å². The molecule has 32 heavy (non-hydrogen) atoms. The maximum absolute atomic E-state index is 12.6. The summed E-state index contributed by atoms with van der Waals surface area (Å²) in [6.45, 7) is 4.41. The van der Waals surface area contributed by atoms with Gasteiger partial charge in [0.1, 0.15) is 11.1 Å². The number of likely N-dealkylation sites (tertiary alicyclic amines) is 1. The van der Waals surface area contributed by atoms with Gasteiger partial charge in [-0.25, -0.2) is 0 Å². The van der Waals surface area contributed by atoms with Crippen molar-refractivity contribution < 1.29 is 9.59 Å². The molecular weight excluding hydrogens is 396 g/mol. The highest BCUT2D eigenvalue weighted by atomic mass is 16.1. The molecule has 2 aliphatic carbocycles. The van der Waals surface area contributed by atoms with Crippen LogP contribution in [-0.4, -0.2) is 29.6 Å². The Morgan fingerprint density at radius 2 is 1.28 bits per heavy atom. The molecule has 1 saturated heterocycles. The van der Waals surface area contributed by atoms with Crippen LogP contribution in [0.3, 0.4) is 0 Å². The lowest BCUT2D eigenvalue weighted by atomic mass is 9.72. The monoisotopic (exact) mass is 432 g/mol. The number of benzene rings is 2. The maximum Gasteiger partial charge on any atom is 0.157 e. The van der Waals surface area contributed by atoms with Gasteiger partial charge in [-0.1, -0.05) is 80.4 Å². The summed E-state index contributed by atoms with van der Waals surface area (Å²) in [4.78, 5) is 26.8. The van der Waals surface area contributed by atoms with Crippen molar-refractivity contribution in [3.63, 3.8) is 0 Å². The van der Waals surface area contributed by atoms with Crippen molar-refractivity contribution in [2.45, 2.75) is 69.4 Å². The summed E-state index contributed by atoms with van der Waals surface area (Å²) < 4.78 is 0. The van der Waals surface area contributed by atoms with Crippen LogP contribution in [0, 0.1) is 5.92 Å². The Hall–Kier alpha value is -2.30. The van der Waals surface area contributed by atoms with Crippen LogP contribution in [0.15, 0.2) is 60.7 Å². The van der Waals surface area contributed by atoms with Gasteiger partial charge in [0.05, 0.1) is 0 Å². The number of Topliss-reactive ketones (excluding diaryl/α,β-unsaturated/α-hetero) is 2. The van der Waals surface area contributed by atoms with Crippen LogP contribution in [0.2, 0.25) is 0 Å². The number of ketones is 2. The first-order valence-electron chi connectivity index (χ1n) is 12.2. The van der Waals surface area contributed by atoms with Gasteiger partial charge in [-0.2, -0.15) is 0 Å². The van der Waals surface area contributed by atoms with E-state index in [1.165, 1.54) is 12.0 Å². The number of hydrogen-bond donors (Lipinski definition) is 1. The summed E-state index contributed by atoms with van der Waals surface area (Å²) >= 11 is 0. The average molecular weight is 433 g/mol. The highest BCUT2D eigenvalue weighted by Gasteiger charge is 2.49. The Kier molecular flexibility index (Phi) is 6.92. The van der Waals surface area contributed by atoms with Gasteiger partial charge in [-0.15, -0.1) is 0 Å². The fourth-order valence-electron chi connectivity index (χ4n) is 5.65. The topological polar surface area (TPSA) is 63.4 Å². The van der Waals surface area contributed by atoms with Gasteiger partial charge in [0.25, 0.3) is 0 Å². The van der Waals surface area contributed by atoms with E-state index in [1.54, 1.807) is 0 Å². The molecule has 2 saturated carbocycles. The molecule has 4 nitrogen and oxygen atoms in total. The minimum atomic E-state index is -0.709. The lowest BCUT2D eigenvalue weighted by Crippen LogP contribution is -2.61. The molecule has 0 radical (unpaired) electrons. The molecule has 2 N–H and O–H groups in total. The van der Waals surface area contributed by atoms with Gasteiger partial charge in [0.15, 0.2) is 11.6 Å². The first-order chi connectivity index (χ1) is 15.5. The standard InChI is InChI=1S/C16H21NO.C12H15NO/c1-13-11-17(12-13)16(10-6-5-9-15(16)18)14-7-3-2-4-8-14;13-12(9-5-4-8-11(12)14)10-6-2-1-3-7-10/h2-4,7-8,13H,5-6,9-12H2,1H3;1-3,6-7H,4-5,8-9,13H2. The summed E-state index contributed by atoms with van der Waals surface area (Å²) in [5.41, 5.74) is 7.34. The molecule has 1 aliphatic heterocycles. The van der Waals surface area contributed by atoms with Crippen molar-refractivity contribution >= 4 is 11.6 Å². The quantitative estimate of drug-likeness (QED) is 0.745. The highest BCUT2D eigenvalue weighted by Crippen LogP contribution is 2.43. The molecular formula is C28H36N2O2. The van der Waals surface area contributed by atoms with Gasteiger partial charge in [-0.05, 0) is 42.7 Å². The number of nitrogens with two attached hydrogens (primary N) is 1. The van der Waals surface area contributed by atoms with Crippen LogP contribution in [-0.2, 0) is 20.7 Å². The second-order valence-electron chi connectivity index (χ2n) is 9.83. The average Bonchev–Trinajstić information content (AvgIpc) is 2.81. The van der Waals surface area contributed by atoms with Crippen molar-refractivity contribution in [3.05, 3.63) is 71.8 Å². The molecule has 170 valence electrons. The van der Waals surface area contributed by atoms with Crippen LogP contribution in [0.1, 0.15) is 69.4 Å². The first kappa shape index (κ1) is 22.9. The second-order valence-corrected chi connectivity index (χ2v) is 9.83. The summed E-state index contributed by atoms with van der Waals surface area (Å²) in [7, 11) is 0. The zero-order valence-corrected chi connectivity index (χ0v) is 19.3. The van der Waals surface area contributed by atoms with Crippen LogP contribution in [0.25, 0.3) is 0 Å². The normalized spacial score (nSPS) is 29.1. The molecule has 0 spiro atoms. The SMILES string of the molecule is CC1CN(C2(c3ccccc3)CCCCC2=O)C1.NC1(c2ccccc2)CCCCC1=O. The first-order valence-corrected chi connectivity index (χ1v) is 12.2. The fourth-order valence-corrected chi connectivity index (χ4v) is 5.65. The van der Waals surface area contributed by atoms with Crippen molar-refractivity contribution in [2.24, 2.45) is 11.7 Å². The third kappa shape index (κ3) is 4.31. The molecule has 2 atom stereocenters. The van der Waals surface area contributed by atoms with Crippen LogP contribution in [0.5, 0.6) is 0 Å². The van der Waals surface area contributed by atoms with Gasteiger partial charge in [-0.3, -0.25) is 14.5 Å². The molecule has 0 bridgehead atoms. The Morgan fingerprint density at radius 1 is 0.750 bits per heavy atom. The smallest absolute Gasteiger partial charge is 0.157 e. The van der Waals surface area contributed by atoms with Crippen LogP contribution < -0.4 is 5.73 Å². The maximum atomic E-state index is 12.6. The van der Waals surface area contributed by atoms with E-state index in [4.69, 9.17) is 5.73 Å². The third-order valence-electron chi connectivity index (χ3n) is 7.52. The molecule has 2 aromatic rings. The van der Waals surface area contributed by atoms with Crippen molar-refractivity contribution in [3.8, 4) is 0 Å². The van der Waals surface area contributed by atoms with Gasteiger partial charge in [0, 0.05) is 25.9 Å². The minimum absolute atomic E-state index is 0.190. The van der Waals surface area contributed by atoms with Crippen LogP contribution in [0.4, 0.5) is 0 Å². The summed E-state index contributed by atoms with van der Waals surface area (Å²) in [6.07, 6.45) is 7.45. The second kappa shape index (κ2) is 9.68. The zero-order valence-electron chi connectivity index (χ0n) is 19.3. The molecule has 4 heteroatoms. The van der Waals surface area contributed by atoms with E-state index in [0.717, 1.165) is 63.1 Å². The third-order valence-corrected chi connectivity index (χ3v) is 7.52. The highest BCUT2D eigenvalue weighted by molar-refractivity contribution is 5.91. The number of carbonyl (C=O) groups is 2. The molecule has 5 rings (SSSR count). The van der Waals surface area contributed by atoms with E-state index in [1.807, 2.05) is 36.4 Å². The van der Waals surface area contributed by atoms with E-state index in [2.05, 4.69) is 36.1 Å². The van der Waals surface area contributed by atoms with Crippen molar-refractivity contribution in [1.29, 1.82) is 0 Å². The summed E-state index contributed by atoms with van der Waals surface area (Å²) in [5.74, 6) is 1.36. The Labute approximate surface area is 192 Å². The molecule has 2 unspecified atom stereocenters. The fraction of sp³-hybridized carbons (Fsp3) is 0.500. The van der Waals surface area contributed by atoms with Crippen molar-refractivity contribution in [2.75, 3.05) is 13.1 Å². The molecule has 0 amide bonds. The van der Waals surface area contributed by atoms with E-state index >= 15 is 0 Å². The molecule has 1 heterocycles. The molecule has 3 aliphatic rings.